The number of hydrazine groups is 1. The second-order valence-electron chi connectivity index (χ2n) is 2.01. The van der Waals surface area contributed by atoms with Gasteiger partial charge in [-0.25, -0.2) is 5.84 Å². The number of nitrogens with zero attached hydrogens (tertiary/aromatic N) is 2. The molecule has 0 bridgehead atoms. The van der Waals surface area contributed by atoms with E-state index in [1.54, 1.807) is 0 Å². The fourth-order valence-corrected chi connectivity index (χ4v) is 0.641. The van der Waals surface area contributed by atoms with Crippen molar-refractivity contribution in [3.05, 3.63) is 6.07 Å². The lowest BCUT2D eigenvalue weighted by Crippen LogP contribution is -2.35. The van der Waals surface area contributed by atoms with Gasteiger partial charge in [-0.1, -0.05) is 0 Å². The quantitative estimate of drug-likeness (QED) is 0.386. The van der Waals surface area contributed by atoms with Gasteiger partial charge in [-0.3, -0.25) is 5.01 Å². The fraction of sp³-hybridized carbons (Fsp3) is 0.400. The van der Waals surface area contributed by atoms with Gasteiger partial charge in [0.2, 0.25) is 5.88 Å². The summed E-state index contributed by atoms with van der Waals surface area (Å²) in [5.41, 5.74) is 5.23. The second-order valence-corrected chi connectivity index (χ2v) is 2.01. The van der Waals surface area contributed by atoms with E-state index in [0.29, 0.717) is 19.0 Å². The third-order valence-electron chi connectivity index (χ3n) is 1.14. The van der Waals surface area contributed by atoms with Crippen LogP contribution in [0.5, 0.6) is 5.88 Å². The number of anilines is 1. The standard InChI is InChI=1S/C5H10N4O2/c6-1-2-9(7)5-3-4(10)8-11-5/h3H,1-2,6-7H2,(H,8,10). The minimum absolute atomic E-state index is 0.188. The van der Waals surface area contributed by atoms with Crippen molar-refractivity contribution in [1.29, 1.82) is 0 Å². The van der Waals surface area contributed by atoms with E-state index in [-0.39, 0.29) is 5.88 Å². The fourth-order valence-electron chi connectivity index (χ4n) is 0.641. The van der Waals surface area contributed by atoms with Gasteiger partial charge in [0, 0.05) is 13.1 Å². The zero-order valence-electron chi connectivity index (χ0n) is 5.90. The van der Waals surface area contributed by atoms with Gasteiger partial charge in [-0.05, 0) is 5.16 Å². The summed E-state index contributed by atoms with van der Waals surface area (Å²) >= 11 is 0. The monoisotopic (exact) mass is 158 g/mol. The molecule has 0 aliphatic rings. The number of nitrogens with two attached hydrogens (primary N) is 2. The minimum Gasteiger partial charge on any atom is -0.491 e. The molecular formula is C5H10N4O2. The van der Waals surface area contributed by atoms with Gasteiger partial charge in [-0.15, -0.1) is 0 Å². The van der Waals surface area contributed by atoms with Crippen LogP contribution in [0.1, 0.15) is 0 Å². The van der Waals surface area contributed by atoms with E-state index in [9.17, 15) is 0 Å². The Hall–Kier alpha value is -1.27. The predicted molar refractivity (Wildman–Crippen MR) is 38.8 cm³/mol. The SMILES string of the molecule is NCCN(N)c1cc(O)no1. The molecule has 6 heteroatoms. The second kappa shape index (κ2) is 3.22. The van der Waals surface area contributed by atoms with Crippen LogP contribution >= 0.6 is 0 Å². The molecule has 1 heterocycles. The van der Waals surface area contributed by atoms with Crippen molar-refractivity contribution in [1.82, 2.24) is 5.16 Å². The lowest BCUT2D eigenvalue weighted by atomic mass is 10.5. The van der Waals surface area contributed by atoms with Crippen LogP contribution in [0.4, 0.5) is 5.88 Å². The van der Waals surface area contributed by atoms with Gasteiger partial charge in [0.15, 0.2) is 0 Å². The third-order valence-corrected chi connectivity index (χ3v) is 1.14. The Labute approximate surface area is 63.3 Å². The van der Waals surface area contributed by atoms with Crippen molar-refractivity contribution in [3.63, 3.8) is 0 Å². The molecule has 0 unspecified atom stereocenters. The molecule has 62 valence electrons. The van der Waals surface area contributed by atoms with Gasteiger partial charge >= 0.3 is 0 Å². The van der Waals surface area contributed by atoms with E-state index in [1.807, 2.05) is 0 Å². The summed E-state index contributed by atoms with van der Waals surface area (Å²) < 4.78 is 4.62. The Morgan fingerprint density at radius 2 is 2.45 bits per heavy atom. The van der Waals surface area contributed by atoms with E-state index in [1.165, 1.54) is 11.1 Å². The Kier molecular flexibility index (Phi) is 2.29. The molecule has 0 fully saturated rings. The first kappa shape index (κ1) is 7.83. The van der Waals surface area contributed by atoms with Crippen LogP contribution in [-0.2, 0) is 0 Å². The van der Waals surface area contributed by atoms with Crippen molar-refractivity contribution in [2.75, 3.05) is 18.1 Å². The number of aromatic nitrogens is 1. The molecular weight excluding hydrogens is 148 g/mol. The van der Waals surface area contributed by atoms with Gasteiger partial charge < -0.3 is 15.4 Å². The van der Waals surface area contributed by atoms with Crippen LogP contribution in [-0.4, -0.2) is 23.4 Å². The Morgan fingerprint density at radius 1 is 1.73 bits per heavy atom. The molecule has 5 N–H and O–H groups in total. The first-order chi connectivity index (χ1) is 5.24. The summed E-state index contributed by atoms with van der Waals surface area (Å²) in [5, 5.41) is 13.3. The van der Waals surface area contributed by atoms with Gasteiger partial charge in [0.1, 0.15) is 0 Å². The van der Waals surface area contributed by atoms with Crippen molar-refractivity contribution in [2.45, 2.75) is 0 Å². The molecule has 6 nitrogen and oxygen atoms in total. The maximum Gasteiger partial charge on any atom is 0.253 e. The van der Waals surface area contributed by atoms with Gasteiger partial charge in [0.25, 0.3) is 5.88 Å². The van der Waals surface area contributed by atoms with Crippen LogP contribution in [0.15, 0.2) is 10.6 Å². The van der Waals surface area contributed by atoms with Crippen molar-refractivity contribution in [2.24, 2.45) is 11.6 Å². The van der Waals surface area contributed by atoms with Crippen molar-refractivity contribution < 1.29 is 9.63 Å². The molecule has 0 aromatic carbocycles. The summed E-state index contributed by atoms with van der Waals surface area (Å²) in [7, 11) is 0. The molecule has 1 rings (SSSR count). The molecule has 0 saturated heterocycles. The average molecular weight is 158 g/mol. The topological polar surface area (TPSA) is 102 Å². The Bertz CT molecular complexity index is 224. The molecule has 1 aromatic rings. The van der Waals surface area contributed by atoms with E-state index in [0.717, 1.165) is 0 Å². The number of hydrogen-bond donors (Lipinski definition) is 3. The summed E-state index contributed by atoms with van der Waals surface area (Å²) in [6.07, 6.45) is 0. The highest BCUT2D eigenvalue weighted by molar-refractivity contribution is 5.35. The van der Waals surface area contributed by atoms with E-state index < -0.39 is 0 Å². The maximum atomic E-state index is 8.75. The summed E-state index contributed by atoms with van der Waals surface area (Å²) in [6.45, 7) is 0.868. The molecule has 0 saturated carbocycles. The summed E-state index contributed by atoms with van der Waals surface area (Å²) in [5.74, 6) is 5.54. The first-order valence-electron chi connectivity index (χ1n) is 3.12. The highest BCUT2D eigenvalue weighted by atomic mass is 16.5. The Balaban J connectivity index is 2.60. The highest BCUT2D eigenvalue weighted by Crippen LogP contribution is 2.15. The lowest BCUT2D eigenvalue weighted by molar-refractivity contribution is 0.359. The maximum absolute atomic E-state index is 8.75. The van der Waals surface area contributed by atoms with E-state index >= 15 is 0 Å². The largest absolute Gasteiger partial charge is 0.491 e. The molecule has 0 radical (unpaired) electrons. The molecule has 0 amide bonds. The zero-order valence-corrected chi connectivity index (χ0v) is 5.90. The molecule has 11 heavy (non-hydrogen) atoms. The van der Waals surface area contributed by atoms with Crippen LogP contribution in [0.25, 0.3) is 0 Å². The van der Waals surface area contributed by atoms with Crippen LogP contribution < -0.4 is 16.6 Å². The normalized spacial score (nSPS) is 10.0. The smallest absolute Gasteiger partial charge is 0.253 e. The van der Waals surface area contributed by atoms with Crippen LogP contribution in [0.3, 0.4) is 0 Å². The average Bonchev–Trinajstić information content (AvgIpc) is 2.36. The third kappa shape index (κ3) is 1.82. The molecule has 0 atom stereocenters. The molecule has 0 spiro atoms. The number of aromatic hydroxyl groups is 1. The minimum atomic E-state index is -0.188. The zero-order chi connectivity index (χ0) is 8.27. The first-order valence-corrected chi connectivity index (χ1v) is 3.12. The highest BCUT2D eigenvalue weighted by Gasteiger charge is 2.06. The van der Waals surface area contributed by atoms with Gasteiger partial charge in [-0.2, -0.15) is 0 Å². The number of rotatable bonds is 3. The van der Waals surface area contributed by atoms with Crippen molar-refractivity contribution in [3.8, 4) is 5.88 Å². The van der Waals surface area contributed by atoms with Crippen LogP contribution in [0.2, 0.25) is 0 Å². The lowest BCUT2D eigenvalue weighted by Gasteiger charge is -2.11. The van der Waals surface area contributed by atoms with E-state index in [2.05, 4.69) is 9.68 Å². The van der Waals surface area contributed by atoms with E-state index in [4.69, 9.17) is 16.7 Å². The molecule has 1 aromatic heterocycles. The van der Waals surface area contributed by atoms with Crippen molar-refractivity contribution >= 4 is 5.88 Å². The predicted octanol–water partition coefficient (Wildman–Crippen LogP) is -0.981. The van der Waals surface area contributed by atoms with Gasteiger partial charge in [0.05, 0.1) is 6.07 Å². The molecule has 0 aliphatic heterocycles. The molecule has 0 aliphatic carbocycles. The number of hydrogen-bond acceptors (Lipinski definition) is 6. The van der Waals surface area contributed by atoms with Crippen LogP contribution in [0, 0.1) is 0 Å². The summed E-state index contributed by atoms with van der Waals surface area (Å²) in [6, 6.07) is 1.32. The Morgan fingerprint density at radius 3 is 2.91 bits per heavy atom. The summed E-state index contributed by atoms with van der Waals surface area (Å²) in [4.78, 5) is 0.